The molecule has 1 aromatic carbocycles. The molecule has 2 aromatic rings. The number of halogens is 2. The lowest BCUT2D eigenvalue weighted by Gasteiger charge is -2.08. The van der Waals surface area contributed by atoms with Crippen molar-refractivity contribution in [1.29, 1.82) is 0 Å². The highest BCUT2D eigenvalue weighted by atomic mass is 19.1. The zero-order valence-corrected chi connectivity index (χ0v) is 9.94. The summed E-state index contributed by atoms with van der Waals surface area (Å²) in [4.78, 5) is 8.26. The van der Waals surface area contributed by atoms with Crippen molar-refractivity contribution in [1.82, 2.24) is 9.97 Å². The predicted octanol–water partition coefficient (Wildman–Crippen LogP) is 3.01. The maximum absolute atomic E-state index is 13.5. The summed E-state index contributed by atoms with van der Waals surface area (Å²) in [6, 6.07) is 4.36. The number of anilines is 1. The Morgan fingerprint density at radius 3 is 2.68 bits per heavy atom. The average Bonchev–Trinajstić information content (AvgIpc) is 3.17. The largest absolute Gasteiger partial charge is 0.436 e. The molecule has 0 spiro atoms. The maximum Gasteiger partial charge on any atom is 0.224 e. The number of benzene rings is 1. The highest BCUT2D eigenvalue weighted by Crippen LogP contribution is 2.39. The first-order valence-electron chi connectivity index (χ1n) is 5.89. The topological polar surface area (TPSA) is 61.0 Å². The third-order valence-corrected chi connectivity index (χ3v) is 2.79. The van der Waals surface area contributed by atoms with Crippen LogP contribution in [0.15, 0.2) is 24.3 Å². The van der Waals surface area contributed by atoms with Crippen molar-refractivity contribution in [3.63, 3.8) is 0 Å². The van der Waals surface area contributed by atoms with Gasteiger partial charge in [-0.2, -0.15) is 4.98 Å². The first-order valence-corrected chi connectivity index (χ1v) is 5.89. The van der Waals surface area contributed by atoms with Gasteiger partial charge in [-0.1, -0.05) is 0 Å². The fourth-order valence-electron chi connectivity index (χ4n) is 1.71. The third kappa shape index (κ3) is 2.62. The van der Waals surface area contributed by atoms with Gasteiger partial charge in [-0.25, -0.2) is 13.8 Å². The van der Waals surface area contributed by atoms with Crippen LogP contribution in [-0.4, -0.2) is 9.97 Å². The Balaban J connectivity index is 1.92. The van der Waals surface area contributed by atoms with E-state index in [-0.39, 0.29) is 17.4 Å². The zero-order chi connectivity index (χ0) is 13.4. The van der Waals surface area contributed by atoms with E-state index in [1.807, 2.05) is 0 Å². The van der Waals surface area contributed by atoms with Crippen LogP contribution in [0.4, 0.5) is 14.6 Å². The van der Waals surface area contributed by atoms with Crippen LogP contribution in [0, 0.1) is 11.6 Å². The molecule has 0 saturated heterocycles. The second kappa shape index (κ2) is 4.46. The Labute approximate surface area is 108 Å². The molecule has 1 fully saturated rings. The van der Waals surface area contributed by atoms with Gasteiger partial charge in [-0.15, -0.1) is 0 Å². The van der Waals surface area contributed by atoms with Crippen LogP contribution in [-0.2, 0) is 0 Å². The molecular weight excluding hydrogens is 252 g/mol. The van der Waals surface area contributed by atoms with Gasteiger partial charge in [0.15, 0.2) is 11.6 Å². The minimum atomic E-state index is -0.661. The van der Waals surface area contributed by atoms with Crippen LogP contribution < -0.4 is 10.5 Å². The lowest BCUT2D eigenvalue weighted by molar-refractivity contribution is 0.420. The summed E-state index contributed by atoms with van der Waals surface area (Å²) in [5.41, 5.74) is 5.65. The molecule has 4 nitrogen and oxygen atoms in total. The summed E-state index contributed by atoms with van der Waals surface area (Å²) in [5.74, 6) is -0.204. The summed E-state index contributed by atoms with van der Waals surface area (Å²) in [5, 5.41) is 0. The Morgan fingerprint density at radius 2 is 1.95 bits per heavy atom. The number of nitrogens with two attached hydrogens (primary N) is 1. The van der Waals surface area contributed by atoms with E-state index < -0.39 is 11.6 Å². The average molecular weight is 263 g/mol. The number of hydrogen-bond acceptors (Lipinski definition) is 4. The van der Waals surface area contributed by atoms with Crippen molar-refractivity contribution in [2.75, 3.05) is 5.73 Å². The van der Waals surface area contributed by atoms with Crippen molar-refractivity contribution < 1.29 is 13.5 Å². The molecule has 0 aliphatic heterocycles. The van der Waals surface area contributed by atoms with Gasteiger partial charge in [0.1, 0.15) is 17.5 Å². The Hall–Kier alpha value is -2.24. The molecule has 0 unspecified atom stereocenters. The molecule has 19 heavy (non-hydrogen) atoms. The molecule has 1 aromatic heterocycles. The third-order valence-electron chi connectivity index (χ3n) is 2.79. The van der Waals surface area contributed by atoms with Crippen molar-refractivity contribution >= 4 is 5.82 Å². The van der Waals surface area contributed by atoms with Gasteiger partial charge < -0.3 is 10.5 Å². The van der Waals surface area contributed by atoms with Crippen molar-refractivity contribution in [3.05, 3.63) is 41.7 Å². The van der Waals surface area contributed by atoms with Crippen LogP contribution >= 0.6 is 0 Å². The van der Waals surface area contributed by atoms with Crippen LogP contribution in [0.2, 0.25) is 0 Å². The van der Waals surface area contributed by atoms with Gasteiger partial charge in [-0.3, -0.25) is 0 Å². The van der Waals surface area contributed by atoms with E-state index in [1.165, 1.54) is 6.07 Å². The molecule has 0 amide bonds. The number of aromatic nitrogens is 2. The van der Waals surface area contributed by atoms with Gasteiger partial charge >= 0.3 is 0 Å². The summed E-state index contributed by atoms with van der Waals surface area (Å²) < 4.78 is 31.7. The van der Waals surface area contributed by atoms with E-state index in [1.54, 1.807) is 0 Å². The number of rotatable bonds is 3. The second-order valence-electron chi connectivity index (χ2n) is 4.44. The lowest BCUT2D eigenvalue weighted by atomic mass is 10.3. The molecule has 0 bridgehead atoms. The van der Waals surface area contributed by atoms with Crippen LogP contribution in [0.1, 0.15) is 24.6 Å². The van der Waals surface area contributed by atoms with E-state index >= 15 is 0 Å². The second-order valence-corrected chi connectivity index (χ2v) is 4.44. The minimum Gasteiger partial charge on any atom is -0.436 e. The standard InChI is InChI=1S/C13H11F2N3O/c14-8-3-4-9(15)10(5-8)19-12-6-11(16)17-13(18-12)7-1-2-7/h3-7H,1-2H2,(H2,16,17,18). The van der Waals surface area contributed by atoms with Gasteiger partial charge in [-0.05, 0) is 25.0 Å². The normalized spacial score (nSPS) is 14.4. The van der Waals surface area contributed by atoms with Gasteiger partial charge in [0, 0.05) is 18.1 Å². The van der Waals surface area contributed by atoms with Crippen molar-refractivity contribution in [3.8, 4) is 11.6 Å². The van der Waals surface area contributed by atoms with Gasteiger partial charge in [0.05, 0.1) is 0 Å². The quantitative estimate of drug-likeness (QED) is 0.924. The molecule has 3 rings (SSSR count). The Morgan fingerprint density at radius 1 is 1.16 bits per heavy atom. The summed E-state index contributed by atoms with van der Waals surface area (Å²) in [6.45, 7) is 0. The number of hydrogen-bond donors (Lipinski definition) is 1. The lowest BCUT2D eigenvalue weighted by Crippen LogP contribution is -2.01. The SMILES string of the molecule is Nc1cc(Oc2cc(F)ccc2F)nc(C2CC2)n1. The van der Waals surface area contributed by atoms with E-state index in [0.29, 0.717) is 11.7 Å². The fourth-order valence-corrected chi connectivity index (χ4v) is 1.71. The van der Waals surface area contributed by atoms with Gasteiger partial charge in [0.2, 0.25) is 5.88 Å². The summed E-state index contributed by atoms with van der Waals surface area (Å²) in [6.07, 6.45) is 2.02. The van der Waals surface area contributed by atoms with Gasteiger partial charge in [0.25, 0.3) is 0 Å². The van der Waals surface area contributed by atoms with E-state index in [2.05, 4.69) is 9.97 Å². The molecule has 0 atom stereocenters. The Bertz CT molecular complexity index is 629. The van der Waals surface area contributed by atoms with Crippen molar-refractivity contribution in [2.24, 2.45) is 0 Å². The van der Waals surface area contributed by atoms with Crippen LogP contribution in [0.3, 0.4) is 0 Å². The smallest absolute Gasteiger partial charge is 0.224 e. The van der Waals surface area contributed by atoms with E-state index in [4.69, 9.17) is 10.5 Å². The highest BCUT2D eigenvalue weighted by Gasteiger charge is 2.27. The van der Waals surface area contributed by atoms with E-state index in [9.17, 15) is 8.78 Å². The van der Waals surface area contributed by atoms with Crippen molar-refractivity contribution in [2.45, 2.75) is 18.8 Å². The molecule has 1 aliphatic rings. The Kier molecular flexibility index (Phi) is 2.77. The number of nitrogens with zero attached hydrogens (tertiary/aromatic N) is 2. The monoisotopic (exact) mass is 263 g/mol. The number of nitrogen functional groups attached to an aromatic ring is 1. The highest BCUT2D eigenvalue weighted by molar-refractivity contribution is 5.37. The molecule has 1 aliphatic carbocycles. The molecule has 1 heterocycles. The number of ether oxygens (including phenoxy) is 1. The minimum absolute atomic E-state index is 0.124. The zero-order valence-electron chi connectivity index (χ0n) is 9.94. The molecule has 2 N–H and O–H groups in total. The molecular formula is C13H11F2N3O. The molecule has 98 valence electrons. The molecule has 0 radical (unpaired) electrons. The van der Waals surface area contributed by atoms with Crippen LogP contribution in [0.5, 0.6) is 11.6 Å². The van der Waals surface area contributed by atoms with Crippen LogP contribution in [0.25, 0.3) is 0 Å². The first kappa shape index (κ1) is 11.8. The predicted molar refractivity (Wildman–Crippen MR) is 64.9 cm³/mol. The fraction of sp³-hybridized carbons (Fsp3) is 0.231. The maximum atomic E-state index is 13.5. The van der Waals surface area contributed by atoms with E-state index in [0.717, 1.165) is 31.0 Å². The first-order chi connectivity index (χ1) is 9.11. The summed E-state index contributed by atoms with van der Waals surface area (Å²) in [7, 11) is 0. The molecule has 6 heteroatoms. The molecule has 1 saturated carbocycles. The summed E-state index contributed by atoms with van der Waals surface area (Å²) >= 11 is 0.